The number of amides is 2. The molecule has 0 aromatic heterocycles. The van der Waals surface area contributed by atoms with E-state index in [-0.39, 0.29) is 23.8 Å². The first-order chi connectivity index (χ1) is 17.3. The lowest BCUT2D eigenvalue weighted by Crippen LogP contribution is -2.46. The van der Waals surface area contributed by atoms with Crippen molar-refractivity contribution in [2.75, 3.05) is 13.2 Å². The highest BCUT2D eigenvalue weighted by molar-refractivity contribution is 6.21. The van der Waals surface area contributed by atoms with Crippen molar-refractivity contribution in [3.63, 3.8) is 0 Å². The summed E-state index contributed by atoms with van der Waals surface area (Å²) in [7, 11) is 0. The zero-order valence-corrected chi connectivity index (χ0v) is 21.0. The van der Waals surface area contributed by atoms with Crippen LogP contribution in [0.25, 0.3) is 0 Å². The second-order valence-corrected chi connectivity index (χ2v) is 11.7. The van der Waals surface area contributed by atoms with Gasteiger partial charge in [0.25, 0.3) is 11.8 Å². The van der Waals surface area contributed by atoms with Gasteiger partial charge in [-0.1, -0.05) is 19.3 Å². The van der Waals surface area contributed by atoms with E-state index in [9.17, 15) is 19.2 Å². The zero-order chi connectivity index (χ0) is 25.3. The van der Waals surface area contributed by atoms with Gasteiger partial charge in [-0.2, -0.15) is 0 Å². The van der Waals surface area contributed by atoms with E-state index in [2.05, 4.69) is 0 Å². The lowest BCUT2D eigenvalue weighted by atomic mass is 9.49. The Bertz CT molecular complexity index is 1010. The van der Waals surface area contributed by atoms with Crippen molar-refractivity contribution in [1.29, 1.82) is 0 Å². The van der Waals surface area contributed by atoms with Crippen LogP contribution in [0.2, 0.25) is 0 Å². The van der Waals surface area contributed by atoms with Gasteiger partial charge in [-0.3, -0.25) is 19.3 Å². The van der Waals surface area contributed by atoms with Gasteiger partial charge in [-0.15, -0.1) is 0 Å². The minimum atomic E-state index is -0.785. The summed E-state index contributed by atoms with van der Waals surface area (Å²) in [6, 6.07) is 4.66. The molecule has 7 nitrogen and oxygen atoms in total. The van der Waals surface area contributed by atoms with Gasteiger partial charge in [0, 0.05) is 13.0 Å². The number of hydrogen-bond acceptors (Lipinski definition) is 5. The van der Waals surface area contributed by atoms with Gasteiger partial charge in [0.2, 0.25) is 0 Å². The molecular formula is C29H37NO6. The summed E-state index contributed by atoms with van der Waals surface area (Å²) < 4.78 is 5.66. The van der Waals surface area contributed by atoms with Crippen molar-refractivity contribution >= 4 is 23.8 Å². The minimum Gasteiger partial charge on any atom is -0.481 e. The zero-order valence-electron chi connectivity index (χ0n) is 21.0. The van der Waals surface area contributed by atoms with Crippen molar-refractivity contribution in [3.8, 4) is 0 Å². The van der Waals surface area contributed by atoms with Crippen LogP contribution in [0.4, 0.5) is 0 Å². The van der Waals surface area contributed by atoms with Crippen molar-refractivity contribution in [1.82, 2.24) is 4.90 Å². The molecule has 1 N–H and O–H groups in total. The molecule has 4 saturated carbocycles. The summed E-state index contributed by atoms with van der Waals surface area (Å²) in [6.45, 7) is 0.740. The number of rotatable bonds is 12. The normalized spacial score (nSPS) is 28.0. The molecule has 5 aliphatic rings. The highest BCUT2D eigenvalue weighted by Crippen LogP contribution is 2.61. The maximum atomic E-state index is 12.9. The van der Waals surface area contributed by atoms with E-state index in [1.54, 1.807) is 12.1 Å². The van der Waals surface area contributed by atoms with E-state index >= 15 is 0 Å². The smallest absolute Gasteiger partial charge is 0.338 e. The molecule has 1 aromatic carbocycles. The standard InChI is InChI=1S/C29H37NO6/c31-25(32)6-4-2-1-3-5-10-30-26(33)23-8-7-22(15-24(23)27(30)34)28(35)36-11-9-29-16-19-12-20(17-29)14-21(13-19)18-29/h7-8,15,19-21H,1-6,9-14,16-18H2,(H,31,32). The molecule has 1 heterocycles. The number of nitrogens with zero attached hydrogens (tertiary/aromatic N) is 1. The van der Waals surface area contributed by atoms with Gasteiger partial charge >= 0.3 is 11.9 Å². The minimum absolute atomic E-state index is 0.172. The fraction of sp³-hybridized carbons (Fsp3) is 0.655. The predicted molar refractivity (Wildman–Crippen MR) is 133 cm³/mol. The number of carboxylic acids is 1. The molecule has 1 aliphatic heterocycles. The number of carbonyl (C=O) groups is 4. The van der Waals surface area contributed by atoms with E-state index in [1.165, 1.54) is 49.5 Å². The topological polar surface area (TPSA) is 101 Å². The third-order valence-electron chi connectivity index (χ3n) is 9.01. The first-order valence-electron chi connectivity index (χ1n) is 13.7. The number of carbonyl (C=O) groups excluding carboxylic acids is 3. The molecule has 7 heteroatoms. The van der Waals surface area contributed by atoms with Gasteiger partial charge in [0.15, 0.2) is 0 Å². The summed E-state index contributed by atoms with van der Waals surface area (Å²) in [6.07, 6.45) is 13.0. The molecule has 6 rings (SSSR count). The van der Waals surface area contributed by atoms with Crippen LogP contribution in [0.15, 0.2) is 18.2 Å². The van der Waals surface area contributed by atoms with E-state index in [1.807, 2.05) is 0 Å². The van der Waals surface area contributed by atoms with Crippen molar-refractivity contribution in [3.05, 3.63) is 34.9 Å². The average molecular weight is 496 g/mol. The fourth-order valence-corrected chi connectivity index (χ4v) is 7.74. The van der Waals surface area contributed by atoms with Crippen LogP contribution in [0.5, 0.6) is 0 Å². The monoisotopic (exact) mass is 495 g/mol. The maximum Gasteiger partial charge on any atom is 0.338 e. The molecule has 0 unspecified atom stereocenters. The molecule has 0 saturated heterocycles. The van der Waals surface area contributed by atoms with Gasteiger partial charge in [-0.05, 0) is 99.2 Å². The summed E-state index contributed by atoms with van der Waals surface area (Å²) in [4.78, 5) is 50.2. The third kappa shape index (κ3) is 5.21. The number of esters is 1. The van der Waals surface area contributed by atoms with Crippen LogP contribution >= 0.6 is 0 Å². The van der Waals surface area contributed by atoms with Crippen molar-refractivity contribution in [2.24, 2.45) is 23.2 Å². The summed E-state index contributed by atoms with van der Waals surface area (Å²) in [5.41, 5.74) is 1.29. The Balaban J connectivity index is 1.10. The number of ether oxygens (including phenoxy) is 1. The molecule has 4 aliphatic carbocycles. The second-order valence-electron chi connectivity index (χ2n) is 11.7. The van der Waals surface area contributed by atoms with Gasteiger partial charge in [0.1, 0.15) is 0 Å². The maximum absolute atomic E-state index is 12.9. The molecule has 4 bridgehead atoms. The van der Waals surface area contributed by atoms with Crippen LogP contribution in [0.3, 0.4) is 0 Å². The highest BCUT2D eigenvalue weighted by Gasteiger charge is 2.50. The Morgan fingerprint density at radius 1 is 0.889 bits per heavy atom. The molecule has 0 atom stereocenters. The largest absolute Gasteiger partial charge is 0.481 e. The van der Waals surface area contributed by atoms with Crippen LogP contribution in [0.1, 0.15) is 115 Å². The second kappa shape index (κ2) is 10.3. The number of aliphatic carboxylic acids is 1. The predicted octanol–water partition coefficient (Wildman–Crippen LogP) is 5.47. The van der Waals surface area contributed by atoms with Gasteiger partial charge in [-0.25, -0.2) is 4.79 Å². The van der Waals surface area contributed by atoms with Gasteiger partial charge < -0.3 is 9.84 Å². The van der Waals surface area contributed by atoms with Crippen molar-refractivity contribution in [2.45, 2.75) is 83.5 Å². The number of fused-ring (bicyclic) bond motifs is 1. The summed E-state index contributed by atoms with van der Waals surface area (Å²) in [5, 5.41) is 8.69. The first-order valence-corrected chi connectivity index (χ1v) is 13.7. The van der Waals surface area contributed by atoms with Crippen LogP contribution < -0.4 is 0 Å². The highest BCUT2D eigenvalue weighted by atomic mass is 16.5. The number of carboxylic acid groups (broad SMARTS) is 1. The number of imide groups is 1. The SMILES string of the molecule is O=C(O)CCCCCCCN1C(=O)c2ccc(C(=O)OCCC34CC5CC(CC(C5)C3)C4)cc2C1=O. The van der Waals surface area contributed by atoms with Crippen LogP contribution in [0, 0.1) is 23.2 Å². The lowest BCUT2D eigenvalue weighted by molar-refractivity contribution is -0.137. The summed E-state index contributed by atoms with van der Waals surface area (Å²) in [5.74, 6) is 0.715. The van der Waals surface area contributed by atoms with E-state index in [4.69, 9.17) is 9.84 Å². The van der Waals surface area contributed by atoms with Crippen LogP contribution in [-0.4, -0.2) is 46.9 Å². The Kier molecular flexibility index (Phi) is 7.18. The quantitative estimate of drug-likeness (QED) is 0.234. The molecule has 0 radical (unpaired) electrons. The van der Waals surface area contributed by atoms with Crippen molar-refractivity contribution < 1.29 is 29.0 Å². The van der Waals surface area contributed by atoms with Crippen LogP contribution in [-0.2, 0) is 9.53 Å². The Morgan fingerprint density at radius 3 is 2.17 bits per heavy atom. The Labute approximate surface area is 212 Å². The molecule has 4 fully saturated rings. The first kappa shape index (κ1) is 25.0. The molecular weight excluding hydrogens is 458 g/mol. The molecule has 36 heavy (non-hydrogen) atoms. The molecule has 2 amide bonds. The Morgan fingerprint density at radius 2 is 1.50 bits per heavy atom. The number of hydrogen-bond donors (Lipinski definition) is 1. The lowest BCUT2D eigenvalue weighted by Gasteiger charge is -2.57. The van der Waals surface area contributed by atoms with E-state index in [0.717, 1.165) is 43.4 Å². The van der Waals surface area contributed by atoms with E-state index in [0.29, 0.717) is 42.5 Å². The Hall–Kier alpha value is -2.70. The fourth-order valence-electron chi connectivity index (χ4n) is 7.74. The molecule has 0 spiro atoms. The third-order valence-corrected chi connectivity index (χ3v) is 9.01. The summed E-state index contributed by atoms with van der Waals surface area (Å²) >= 11 is 0. The van der Waals surface area contributed by atoms with Gasteiger partial charge in [0.05, 0.1) is 23.3 Å². The van der Waals surface area contributed by atoms with E-state index < -0.39 is 11.9 Å². The number of unbranched alkanes of at least 4 members (excludes halogenated alkanes) is 4. The molecule has 1 aromatic rings. The molecule has 194 valence electrons. The average Bonchev–Trinajstić information content (AvgIpc) is 3.06. The number of benzene rings is 1.